The number of carbonyl (C=O) groups excluding carboxylic acids is 3. The van der Waals surface area contributed by atoms with Crippen molar-refractivity contribution in [2.75, 3.05) is 26.7 Å². The second kappa shape index (κ2) is 9.34. The highest BCUT2D eigenvalue weighted by Gasteiger charge is 2.53. The van der Waals surface area contributed by atoms with Crippen molar-refractivity contribution in [2.24, 2.45) is 5.92 Å². The van der Waals surface area contributed by atoms with Gasteiger partial charge in [0.05, 0.1) is 11.5 Å². The molecule has 2 aromatic carbocycles. The number of hydrogen-bond donors (Lipinski definition) is 0. The Balaban J connectivity index is 1.43. The number of benzene rings is 2. The average Bonchev–Trinajstić information content (AvgIpc) is 3.48. The lowest BCUT2D eigenvalue weighted by atomic mass is 9.75. The summed E-state index contributed by atoms with van der Waals surface area (Å²) >= 11 is 0. The summed E-state index contributed by atoms with van der Waals surface area (Å²) in [5, 5.41) is 0. The minimum atomic E-state index is -1.16. The molecule has 34 heavy (non-hydrogen) atoms. The highest BCUT2D eigenvalue weighted by molar-refractivity contribution is 6.10. The molecule has 178 valence electrons. The molecule has 0 N–H and O–H groups in total. The number of carbonyl (C=O) groups is 3. The third-order valence-corrected chi connectivity index (χ3v) is 7.51. The molecule has 2 aliphatic heterocycles. The molecular weight excluding hydrogens is 428 g/mol. The van der Waals surface area contributed by atoms with E-state index in [0.29, 0.717) is 19.0 Å². The Morgan fingerprint density at radius 2 is 1.71 bits per heavy atom. The van der Waals surface area contributed by atoms with Crippen LogP contribution in [0.3, 0.4) is 0 Å². The highest BCUT2D eigenvalue weighted by atomic mass is 16.5. The number of rotatable bonds is 8. The number of ether oxygens (including phenoxy) is 1. The van der Waals surface area contributed by atoms with Gasteiger partial charge in [-0.3, -0.25) is 19.3 Å². The SMILES string of the molecule is CN1C(=O)C[C@](CC(=O)N(CC2CC2)C[C@@H]2CCCO2)(c2ccc(-c3ccccc3)cc2)C1=O. The van der Waals surface area contributed by atoms with Crippen molar-refractivity contribution in [3.05, 3.63) is 60.2 Å². The highest BCUT2D eigenvalue weighted by Crippen LogP contribution is 2.41. The van der Waals surface area contributed by atoms with Crippen LogP contribution in [0.2, 0.25) is 0 Å². The van der Waals surface area contributed by atoms with E-state index in [1.165, 1.54) is 11.9 Å². The van der Waals surface area contributed by atoms with Gasteiger partial charge in [0.1, 0.15) is 0 Å². The predicted octanol–water partition coefficient (Wildman–Crippen LogP) is 3.79. The molecule has 0 unspecified atom stereocenters. The van der Waals surface area contributed by atoms with E-state index in [1.54, 1.807) is 0 Å². The van der Waals surface area contributed by atoms with Crippen LogP contribution in [0.25, 0.3) is 11.1 Å². The lowest BCUT2D eigenvalue weighted by molar-refractivity contribution is -0.142. The first-order chi connectivity index (χ1) is 16.5. The lowest BCUT2D eigenvalue weighted by Crippen LogP contribution is -2.45. The van der Waals surface area contributed by atoms with Crippen molar-refractivity contribution in [2.45, 2.75) is 50.0 Å². The molecule has 5 rings (SSSR count). The second-order valence-corrected chi connectivity index (χ2v) is 10.0. The van der Waals surface area contributed by atoms with Crippen LogP contribution in [-0.2, 0) is 24.5 Å². The molecule has 0 spiro atoms. The Bertz CT molecular complexity index is 1060. The molecule has 0 bridgehead atoms. The van der Waals surface area contributed by atoms with E-state index in [2.05, 4.69) is 0 Å². The summed E-state index contributed by atoms with van der Waals surface area (Å²) in [6.45, 7) is 2.02. The maximum Gasteiger partial charge on any atom is 0.240 e. The monoisotopic (exact) mass is 460 g/mol. The number of nitrogens with zero attached hydrogens (tertiary/aromatic N) is 2. The van der Waals surface area contributed by atoms with Gasteiger partial charge in [-0.25, -0.2) is 0 Å². The molecule has 3 aliphatic rings. The van der Waals surface area contributed by atoms with Crippen molar-refractivity contribution < 1.29 is 19.1 Å². The van der Waals surface area contributed by atoms with Gasteiger partial charge < -0.3 is 9.64 Å². The first kappa shape index (κ1) is 22.8. The Labute approximate surface area is 200 Å². The van der Waals surface area contributed by atoms with E-state index < -0.39 is 5.41 Å². The van der Waals surface area contributed by atoms with Crippen molar-refractivity contribution in [3.8, 4) is 11.1 Å². The minimum Gasteiger partial charge on any atom is -0.376 e. The first-order valence-electron chi connectivity index (χ1n) is 12.3. The number of imide groups is 1. The number of likely N-dealkylation sites (tertiary alicyclic amines) is 1. The molecule has 0 aromatic heterocycles. The summed E-state index contributed by atoms with van der Waals surface area (Å²) in [5.41, 5.74) is 1.69. The Hall–Kier alpha value is -2.99. The summed E-state index contributed by atoms with van der Waals surface area (Å²) in [5.74, 6) is -0.0550. The molecule has 3 fully saturated rings. The fourth-order valence-electron chi connectivity index (χ4n) is 5.26. The van der Waals surface area contributed by atoms with Crippen LogP contribution < -0.4 is 0 Å². The zero-order valence-electron chi connectivity index (χ0n) is 19.7. The summed E-state index contributed by atoms with van der Waals surface area (Å²) in [4.78, 5) is 42.8. The standard InChI is InChI=1S/C28H32N2O4/c1-29-25(31)16-28(27(29)33,23-13-11-22(12-14-23)21-6-3-2-4-7-21)17-26(32)30(18-20-9-10-20)19-24-8-5-15-34-24/h2-4,6-7,11-14,20,24H,5,8-10,15-19H2,1H3/t24-,28-/m0/s1. The fraction of sp³-hybridized carbons (Fsp3) is 0.464. The molecule has 6 heteroatoms. The van der Waals surface area contributed by atoms with Crippen LogP contribution in [0.5, 0.6) is 0 Å². The number of amides is 3. The van der Waals surface area contributed by atoms with Crippen LogP contribution in [0.1, 0.15) is 44.1 Å². The van der Waals surface area contributed by atoms with Crippen LogP contribution in [0, 0.1) is 5.92 Å². The van der Waals surface area contributed by atoms with E-state index in [-0.39, 0.29) is 36.7 Å². The van der Waals surface area contributed by atoms with Gasteiger partial charge >= 0.3 is 0 Å². The van der Waals surface area contributed by atoms with Gasteiger partial charge in [-0.1, -0.05) is 54.6 Å². The molecule has 3 amide bonds. The van der Waals surface area contributed by atoms with Gasteiger partial charge in [-0.2, -0.15) is 0 Å². The first-order valence-corrected chi connectivity index (χ1v) is 12.3. The average molecular weight is 461 g/mol. The van der Waals surface area contributed by atoms with Crippen LogP contribution >= 0.6 is 0 Å². The van der Waals surface area contributed by atoms with Gasteiger partial charge in [-0.15, -0.1) is 0 Å². The summed E-state index contributed by atoms with van der Waals surface area (Å²) < 4.78 is 5.80. The quantitative estimate of drug-likeness (QED) is 0.562. The van der Waals surface area contributed by atoms with Crippen LogP contribution in [0.4, 0.5) is 0 Å². The molecule has 0 radical (unpaired) electrons. The minimum absolute atomic E-state index is 0.00599. The lowest BCUT2D eigenvalue weighted by Gasteiger charge is -2.31. The molecular formula is C28H32N2O4. The van der Waals surface area contributed by atoms with E-state index in [9.17, 15) is 14.4 Å². The van der Waals surface area contributed by atoms with Gasteiger partial charge in [-0.05, 0) is 48.3 Å². The van der Waals surface area contributed by atoms with Crippen molar-refractivity contribution in [3.63, 3.8) is 0 Å². The normalized spacial score (nSPS) is 24.6. The van der Waals surface area contributed by atoms with Crippen molar-refractivity contribution in [1.82, 2.24) is 9.80 Å². The largest absolute Gasteiger partial charge is 0.376 e. The second-order valence-electron chi connectivity index (χ2n) is 10.0. The Morgan fingerprint density at radius 1 is 1.00 bits per heavy atom. The van der Waals surface area contributed by atoms with Gasteiger partial charge in [0.2, 0.25) is 17.7 Å². The fourth-order valence-corrected chi connectivity index (χ4v) is 5.26. The van der Waals surface area contributed by atoms with Crippen LogP contribution in [0.15, 0.2) is 54.6 Å². The third-order valence-electron chi connectivity index (χ3n) is 7.51. The zero-order chi connectivity index (χ0) is 23.7. The summed E-state index contributed by atoms with van der Waals surface area (Å²) in [6, 6.07) is 17.8. The van der Waals surface area contributed by atoms with Gasteiger partial charge in [0, 0.05) is 39.6 Å². The smallest absolute Gasteiger partial charge is 0.240 e. The maximum atomic E-state index is 13.7. The van der Waals surface area contributed by atoms with Crippen molar-refractivity contribution >= 4 is 17.7 Å². The van der Waals surface area contributed by atoms with E-state index >= 15 is 0 Å². The Morgan fingerprint density at radius 3 is 2.29 bits per heavy atom. The van der Waals surface area contributed by atoms with E-state index in [1.807, 2.05) is 59.5 Å². The summed E-state index contributed by atoms with van der Waals surface area (Å²) in [7, 11) is 1.52. The van der Waals surface area contributed by atoms with E-state index in [0.717, 1.165) is 49.0 Å². The van der Waals surface area contributed by atoms with E-state index in [4.69, 9.17) is 4.74 Å². The van der Waals surface area contributed by atoms with Crippen molar-refractivity contribution in [1.29, 1.82) is 0 Å². The number of likely N-dealkylation sites (N-methyl/N-ethyl adjacent to an activating group) is 1. The Kier molecular flexibility index (Phi) is 6.26. The van der Waals surface area contributed by atoms with Gasteiger partial charge in [0.15, 0.2) is 0 Å². The molecule has 2 atom stereocenters. The predicted molar refractivity (Wildman–Crippen MR) is 129 cm³/mol. The molecule has 1 aliphatic carbocycles. The van der Waals surface area contributed by atoms with Gasteiger partial charge in [0.25, 0.3) is 0 Å². The summed E-state index contributed by atoms with van der Waals surface area (Å²) in [6.07, 6.45) is 4.35. The topological polar surface area (TPSA) is 66.9 Å². The molecule has 2 saturated heterocycles. The molecule has 2 aromatic rings. The maximum absolute atomic E-state index is 13.7. The number of hydrogen-bond acceptors (Lipinski definition) is 4. The zero-order valence-corrected chi connectivity index (χ0v) is 19.7. The molecule has 1 saturated carbocycles. The molecule has 6 nitrogen and oxygen atoms in total. The molecule has 2 heterocycles. The third kappa shape index (κ3) is 4.51. The van der Waals surface area contributed by atoms with Crippen LogP contribution in [-0.4, -0.2) is 60.4 Å².